The lowest BCUT2D eigenvalue weighted by molar-refractivity contribution is 0.371. The summed E-state index contributed by atoms with van der Waals surface area (Å²) in [5.74, 6) is 1.08. The van der Waals surface area contributed by atoms with E-state index in [2.05, 4.69) is 35.3 Å². The molecule has 0 bridgehead atoms. The molecule has 0 radical (unpaired) electrons. The number of nitrogens with one attached hydrogen (secondary N) is 1. The van der Waals surface area contributed by atoms with E-state index in [1.807, 2.05) is 6.07 Å². The lowest BCUT2D eigenvalue weighted by Crippen LogP contribution is -2.38. The van der Waals surface area contributed by atoms with Crippen LogP contribution in [0.3, 0.4) is 0 Å². The Morgan fingerprint density at radius 1 is 1.33 bits per heavy atom. The van der Waals surface area contributed by atoms with Crippen LogP contribution in [0.1, 0.15) is 31.4 Å². The molecule has 21 heavy (non-hydrogen) atoms. The molecule has 3 rings (SSSR count). The van der Waals surface area contributed by atoms with Crippen molar-refractivity contribution in [1.82, 2.24) is 15.2 Å². The molecule has 1 unspecified atom stereocenters. The molecule has 1 aromatic rings. The van der Waals surface area contributed by atoms with Crippen molar-refractivity contribution in [2.45, 2.75) is 44.3 Å². The number of likely N-dealkylation sites (N-methyl/N-ethyl adjacent to an activating group) is 1. The highest BCUT2D eigenvalue weighted by molar-refractivity contribution is 6.31. The zero-order valence-corrected chi connectivity index (χ0v) is 13.7. The zero-order chi connectivity index (χ0) is 14.8. The second kappa shape index (κ2) is 6.51. The van der Waals surface area contributed by atoms with Gasteiger partial charge in [-0.1, -0.05) is 11.6 Å². The highest BCUT2D eigenvalue weighted by Gasteiger charge is 2.27. The molecule has 5 heteroatoms. The molecular weight excluding hydrogens is 284 g/mol. The molecule has 1 atom stereocenters. The van der Waals surface area contributed by atoms with Crippen LogP contribution in [0, 0.1) is 0 Å². The molecule has 1 saturated carbocycles. The molecule has 2 fully saturated rings. The molecule has 2 heterocycles. The largest absolute Gasteiger partial charge is 0.352 e. The average Bonchev–Trinajstić information content (AvgIpc) is 3.17. The Morgan fingerprint density at radius 3 is 2.86 bits per heavy atom. The van der Waals surface area contributed by atoms with Crippen molar-refractivity contribution in [3.8, 4) is 0 Å². The van der Waals surface area contributed by atoms with Crippen LogP contribution >= 0.6 is 11.6 Å². The minimum Gasteiger partial charge on any atom is -0.352 e. The van der Waals surface area contributed by atoms with Crippen molar-refractivity contribution in [3.63, 3.8) is 0 Å². The Balaban J connectivity index is 1.72. The Kier molecular flexibility index (Phi) is 4.67. The minimum atomic E-state index is 0.568. The highest BCUT2D eigenvalue weighted by atomic mass is 35.5. The maximum absolute atomic E-state index is 6.30. The van der Waals surface area contributed by atoms with E-state index in [0.29, 0.717) is 12.1 Å². The third-order valence-electron chi connectivity index (χ3n) is 4.29. The van der Waals surface area contributed by atoms with Crippen LogP contribution in [-0.4, -0.2) is 49.2 Å². The summed E-state index contributed by atoms with van der Waals surface area (Å²) in [5, 5.41) is 4.27. The van der Waals surface area contributed by atoms with Crippen molar-refractivity contribution >= 4 is 17.4 Å². The molecular formula is C16H25ClN4. The van der Waals surface area contributed by atoms with E-state index >= 15 is 0 Å². The lowest BCUT2D eigenvalue weighted by atomic mass is 10.2. The third kappa shape index (κ3) is 3.87. The average molecular weight is 309 g/mol. The van der Waals surface area contributed by atoms with E-state index < -0.39 is 0 Å². The maximum Gasteiger partial charge on any atom is 0.129 e. The van der Waals surface area contributed by atoms with Crippen LogP contribution in [0.4, 0.5) is 5.82 Å². The summed E-state index contributed by atoms with van der Waals surface area (Å²) >= 11 is 6.30. The van der Waals surface area contributed by atoms with Gasteiger partial charge in [-0.2, -0.15) is 0 Å². The first-order valence-corrected chi connectivity index (χ1v) is 8.31. The van der Waals surface area contributed by atoms with Crippen molar-refractivity contribution in [1.29, 1.82) is 0 Å². The van der Waals surface area contributed by atoms with E-state index in [-0.39, 0.29) is 0 Å². The fraction of sp³-hybridized carbons (Fsp3) is 0.688. The van der Waals surface area contributed by atoms with Gasteiger partial charge in [0.2, 0.25) is 0 Å². The molecule has 1 aromatic heterocycles. The van der Waals surface area contributed by atoms with Crippen molar-refractivity contribution in [2.75, 3.05) is 32.1 Å². The van der Waals surface area contributed by atoms with E-state index in [0.717, 1.165) is 36.2 Å². The van der Waals surface area contributed by atoms with Gasteiger partial charge in [-0.3, -0.25) is 0 Å². The van der Waals surface area contributed by atoms with Crippen molar-refractivity contribution < 1.29 is 0 Å². The molecule has 1 saturated heterocycles. The molecule has 0 spiro atoms. The van der Waals surface area contributed by atoms with Gasteiger partial charge < -0.3 is 15.1 Å². The molecule has 1 aliphatic heterocycles. The first kappa shape index (κ1) is 15.1. The smallest absolute Gasteiger partial charge is 0.129 e. The molecule has 116 valence electrons. The fourth-order valence-corrected chi connectivity index (χ4v) is 3.21. The quantitative estimate of drug-likeness (QED) is 0.875. The van der Waals surface area contributed by atoms with Crippen LogP contribution in [0.2, 0.25) is 5.02 Å². The van der Waals surface area contributed by atoms with E-state index in [9.17, 15) is 0 Å². The number of pyridine rings is 1. The number of rotatable bonds is 6. The number of halogens is 1. The first-order chi connectivity index (χ1) is 10.1. The van der Waals surface area contributed by atoms with Gasteiger partial charge in [0.25, 0.3) is 0 Å². The SMILES string of the molecule is CN(C)CC1CCCN1c1ccc(Cl)c(CNC2CC2)n1. The van der Waals surface area contributed by atoms with Crippen LogP contribution in [0.15, 0.2) is 12.1 Å². The van der Waals surface area contributed by atoms with Crippen molar-refractivity contribution in [3.05, 3.63) is 22.8 Å². The monoisotopic (exact) mass is 308 g/mol. The molecule has 1 aliphatic carbocycles. The fourth-order valence-electron chi connectivity index (χ4n) is 3.03. The maximum atomic E-state index is 6.30. The van der Waals surface area contributed by atoms with Gasteiger partial charge in [0, 0.05) is 31.7 Å². The van der Waals surface area contributed by atoms with Gasteiger partial charge in [-0.25, -0.2) is 4.98 Å². The Hall–Kier alpha value is -0.840. The number of hydrogen-bond acceptors (Lipinski definition) is 4. The Morgan fingerprint density at radius 2 is 2.14 bits per heavy atom. The number of nitrogens with zero attached hydrogens (tertiary/aromatic N) is 3. The lowest BCUT2D eigenvalue weighted by Gasteiger charge is -2.28. The van der Waals surface area contributed by atoms with Gasteiger partial charge in [0.15, 0.2) is 0 Å². The predicted octanol–water partition coefficient (Wildman–Crippen LogP) is 2.52. The van der Waals surface area contributed by atoms with E-state index in [1.165, 1.54) is 25.7 Å². The van der Waals surface area contributed by atoms with Gasteiger partial charge in [-0.05, 0) is 51.9 Å². The summed E-state index contributed by atoms with van der Waals surface area (Å²) in [6.45, 7) is 2.96. The van der Waals surface area contributed by atoms with Gasteiger partial charge >= 0.3 is 0 Å². The summed E-state index contributed by atoms with van der Waals surface area (Å²) in [5.41, 5.74) is 0.983. The van der Waals surface area contributed by atoms with Crippen molar-refractivity contribution in [2.24, 2.45) is 0 Å². The van der Waals surface area contributed by atoms with Crippen LogP contribution < -0.4 is 10.2 Å². The van der Waals surface area contributed by atoms with Gasteiger partial charge in [0.1, 0.15) is 5.82 Å². The minimum absolute atomic E-state index is 0.568. The summed E-state index contributed by atoms with van der Waals surface area (Å²) in [4.78, 5) is 9.52. The molecule has 4 nitrogen and oxygen atoms in total. The van der Waals surface area contributed by atoms with Crippen LogP contribution in [0.25, 0.3) is 0 Å². The third-order valence-corrected chi connectivity index (χ3v) is 4.63. The zero-order valence-electron chi connectivity index (χ0n) is 13.0. The first-order valence-electron chi connectivity index (χ1n) is 7.93. The molecule has 1 N–H and O–H groups in total. The summed E-state index contributed by atoms with van der Waals surface area (Å²) in [6.07, 6.45) is 5.07. The molecule has 0 amide bonds. The topological polar surface area (TPSA) is 31.4 Å². The number of anilines is 1. The summed E-state index contributed by atoms with van der Waals surface area (Å²) in [6, 6.07) is 5.31. The van der Waals surface area contributed by atoms with Gasteiger partial charge in [0.05, 0.1) is 10.7 Å². The second-order valence-corrected chi connectivity index (χ2v) is 6.91. The van der Waals surface area contributed by atoms with E-state index in [4.69, 9.17) is 16.6 Å². The number of aromatic nitrogens is 1. The van der Waals surface area contributed by atoms with E-state index in [1.54, 1.807) is 0 Å². The van der Waals surface area contributed by atoms with Gasteiger partial charge in [-0.15, -0.1) is 0 Å². The predicted molar refractivity (Wildman–Crippen MR) is 88.0 cm³/mol. The highest BCUT2D eigenvalue weighted by Crippen LogP contribution is 2.27. The molecule has 0 aromatic carbocycles. The molecule has 2 aliphatic rings. The normalized spacial score (nSPS) is 22.3. The van der Waals surface area contributed by atoms with Crippen LogP contribution in [-0.2, 0) is 6.54 Å². The second-order valence-electron chi connectivity index (χ2n) is 6.50. The number of hydrogen-bond donors (Lipinski definition) is 1. The van der Waals surface area contributed by atoms with Crippen LogP contribution in [0.5, 0.6) is 0 Å². The summed E-state index contributed by atoms with van der Waals surface area (Å²) < 4.78 is 0. The Bertz CT molecular complexity index is 487. The standard InChI is InChI=1S/C16H25ClN4/c1-20(2)11-13-4-3-9-21(13)16-8-7-14(17)15(19-16)10-18-12-5-6-12/h7-8,12-13,18H,3-6,9-11H2,1-2H3. The summed E-state index contributed by atoms with van der Waals surface area (Å²) in [7, 11) is 4.27. The Labute approximate surface area is 132 Å².